The van der Waals surface area contributed by atoms with Crippen molar-refractivity contribution in [2.75, 3.05) is 18.0 Å². The third kappa shape index (κ3) is 3.72. The maximum absolute atomic E-state index is 4.63. The molecule has 0 bridgehead atoms. The summed E-state index contributed by atoms with van der Waals surface area (Å²) < 4.78 is 0. The van der Waals surface area contributed by atoms with Crippen LogP contribution >= 0.6 is 0 Å². The number of hydrogen-bond donors (Lipinski definition) is 1. The first-order chi connectivity index (χ1) is 9.41. The van der Waals surface area contributed by atoms with Gasteiger partial charge in [0.05, 0.1) is 0 Å². The molecule has 0 aliphatic carbocycles. The molecule has 1 aromatic heterocycles. The summed E-state index contributed by atoms with van der Waals surface area (Å²) in [6, 6.07) is 4.96. The van der Waals surface area contributed by atoms with Gasteiger partial charge in [-0.1, -0.05) is 26.8 Å². The van der Waals surface area contributed by atoms with Crippen LogP contribution in [0.4, 0.5) is 5.82 Å². The molecule has 2 heterocycles. The number of hydrogen-bond acceptors (Lipinski definition) is 3. The Hall–Kier alpha value is -1.09. The maximum atomic E-state index is 4.63. The number of aromatic nitrogens is 1. The Morgan fingerprint density at radius 3 is 2.70 bits per heavy atom. The van der Waals surface area contributed by atoms with Crippen molar-refractivity contribution in [3.05, 3.63) is 23.9 Å². The van der Waals surface area contributed by atoms with Crippen LogP contribution < -0.4 is 10.2 Å². The van der Waals surface area contributed by atoms with Gasteiger partial charge in [-0.15, -0.1) is 0 Å². The van der Waals surface area contributed by atoms with E-state index in [0.717, 1.165) is 25.3 Å². The highest BCUT2D eigenvalue weighted by molar-refractivity contribution is 5.41. The Bertz CT molecular complexity index is 422. The van der Waals surface area contributed by atoms with Gasteiger partial charge in [-0.25, -0.2) is 4.98 Å². The van der Waals surface area contributed by atoms with Crippen molar-refractivity contribution in [2.24, 2.45) is 0 Å². The molecule has 0 saturated carbocycles. The zero-order valence-corrected chi connectivity index (χ0v) is 13.6. The van der Waals surface area contributed by atoms with Crippen LogP contribution in [0.15, 0.2) is 18.3 Å². The second-order valence-corrected chi connectivity index (χ2v) is 6.92. The van der Waals surface area contributed by atoms with Gasteiger partial charge in [-0.3, -0.25) is 0 Å². The smallest absolute Gasteiger partial charge is 0.128 e. The molecular formula is C17H29N3. The van der Waals surface area contributed by atoms with Crippen LogP contribution in [0.5, 0.6) is 0 Å². The lowest BCUT2D eigenvalue weighted by Gasteiger charge is -2.29. The predicted octanol–water partition coefficient (Wildman–Crippen LogP) is 3.56. The Kier molecular flexibility index (Phi) is 4.69. The first kappa shape index (κ1) is 15.3. The average Bonchev–Trinajstić information content (AvgIpc) is 2.86. The highest BCUT2D eigenvalue weighted by Crippen LogP contribution is 2.22. The lowest BCUT2D eigenvalue weighted by Crippen LogP contribution is -2.46. The van der Waals surface area contributed by atoms with Crippen LogP contribution in [0, 0.1) is 0 Å². The van der Waals surface area contributed by atoms with Gasteiger partial charge in [0.25, 0.3) is 0 Å². The molecule has 1 fully saturated rings. The molecule has 20 heavy (non-hydrogen) atoms. The molecule has 0 spiro atoms. The van der Waals surface area contributed by atoms with Crippen LogP contribution in [0.25, 0.3) is 0 Å². The molecule has 3 heteroatoms. The summed E-state index contributed by atoms with van der Waals surface area (Å²) in [5.74, 6) is 1.67. The molecule has 0 amide bonds. The predicted molar refractivity (Wildman–Crippen MR) is 86.4 cm³/mol. The molecule has 2 rings (SSSR count). The fraction of sp³-hybridized carbons (Fsp3) is 0.706. The Morgan fingerprint density at radius 2 is 2.15 bits per heavy atom. The van der Waals surface area contributed by atoms with Crippen LogP contribution in [0.1, 0.15) is 58.9 Å². The number of rotatable bonds is 5. The summed E-state index contributed by atoms with van der Waals surface area (Å²) in [6.07, 6.45) is 4.39. The van der Waals surface area contributed by atoms with Crippen molar-refractivity contribution < 1.29 is 0 Å². The Balaban J connectivity index is 1.95. The van der Waals surface area contributed by atoms with E-state index in [1.54, 1.807) is 0 Å². The van der Waals surface area contributed by atoms with E-state index in [0.29, 0.717) is 12.0 Å². The van der Waals surface area contributed by atoms with E-state index in [-0.39, 0.29) is 5.54 Å². The summed E-state index contributed by atoms with van der Waals surface area (Å²) >= 11 is 0. The zero-order chi connectivity index (χ0) is 14.8. The molecule has 1 N–H and O–H groups in total. The van der Waals surface area contributed by atoms with E-state index in [2.05, 4.69) is 62.0 Å². The highest BCUT2D eigenvalue weighted by atomic mass is 15.2. The van der Waals surface area contributed by atoms with Crippen molar-refractivity contribution in [3.63, 3.8) is 0 Å². The molecular weight excluding hydrogens is 246 g/mol. The quantitative estimate of drug-likeness (QED) is 0.890. The molecule has 1 aromatic rings. The lowest BCUT2D eigenvalue weighted by molar-refractivity contribution is 0.334. The Morgan fingerprint density at radius 1 is 1.40 bits per heavy atom. The molecule has 1 atom stereocenters. The van der Waals surface area contributed by atoms with Gasteiger partial charge in [0.2, 0.25) is 0 Å². The van der Waals surface area contributed by atoms with Gasteiger partial charge < -0.3 is 10.2 Å². The average molecular weight is 275 g/mol. The maximum Gasteiger partial charge on any atom is 0.128 e. The molecule has 1 aliphatic heterocycles. The summed E-state index contributed by atoms with van der Waals surface area (Å²) in [4.78, 5) is 7.03. The second-order valence-electron chi connectivity index (χ2n) is 6.92. The van der Waals surface area contributed by atoms with Crippen LogP contribution in [-0.4, -0.2) is 29.7 Å². The monoisotopic (exact) mass is 275 g/mol. The van der Waals surface area contributed by atoms with E-state index in [4.69, 9.17) is 0 Å². The molecule has 1 saturated heterocycles. The van der Waals surface area contributed by atoms with E-state index < -0.39 is 0 Å². The van der Waals surface area contributed by atoms with Crippen LogP contribution in [0.3, 0.4) is 0 Å². The third-order valence-corrected chi connectivity index (χ3v) is 4.43. The van der Waals surface area contributed by atoms with E-state index >= 15 is 0 Å². The summed E-state index contributed by atoms with van der Waals surface area (Å²) in [5, 5.41) is 3.76. The SMILES string of the molecule is CCC(C)(C)NC1CCN(c2ccc(C(C)C)cn2)C1. The van der Waals surface area contributed by atoms with Crippen molar-refractivity contribution >= 4 is 5.82 Å². The molecule has 3 nitrogen and oxygen atoms in total. The number of anilines is 1. The minimum atomic E-state index is 0.232. The topological polar surface area (TPSA) is 28.2 Å². The first-order valence-electron chi connectivity index (χ1n) is 7.90. The number of pyridine rings is 1. The third-order valence-electron chi connectivity index (χ3n) is 4.43. The fourth-order valence-electron chi connectivity index (χ4n) is 2.67. The molecule has 1 unspecified atom stereocenters. The summed E-state index contributed by atoms with van der Waals surface area (Å²) in [6.45, 7) is 13.4. The summed E-state index contributed by atoms with van der Waals surface area (Å²) in [7, 11) is 0. The standard InChI is InChI=1S/C17H29N3/c1-6-17(4,5)19-15-9-10-20(12-15)16-8-7-14(11-18-16)13(2)3/h7-8,11,13,15,19H,6,9-10,12H2,1-5H3. The first-order valence-corrected chi connectivity index (χ1v) is 7.90. The number of nitrogens with zero attached hydrogens (tertiary/aromatic N) is 2. The van der Waals surface area contributed by atoms with Gasteiger partial charge >= 0.3 is 0 Å². The summed E-state index contributed by atoms with van der Waals surface area (Å²) in [5.41, 5.74) is 1.55. The van der Waals surface area contributed by atoms with Crippen LogP contribution in [-0.2, 0) is 0 Å². The van der Waals surface area contributed by atoms with Crippen molar-refractivity contribution in [3.8, 4) is 0 Å². The van der Waals surface area contributed by atoms with E-state index in [1.165, 1.54) is 12.0 Å². The lowest BCUT2D eigenvalue weighted by atomic mass is 10.0. The minimum absolute atomic E-state index is 0.232. The van der Waals surface area contributed by atoms with Gasteiger partial charge in [-0.05, 0) is 44.2 Å². The van der Waals surface area contributed by atoms with Crippen molar-refractivity contribution in [2.45, 2.75) is 65.0 Å². The van der Waals surface area contributed by atoms with Gasteiger partial charge in [0, 0.05) is 30.9 Å². The largest absolute Gasteiger partial charge is 0.355 e. The highest BCUT2D eigenvalue weighted by Gasteiger charge is 2.27. The molecule has 0 aromatic carbocycles. The molecule has 112 valence electrons. The minimum Gasteiger partial charge on any atom is -0.355 e. The van der Waals surface area contributed by atoms with Gasteiger partial charge in [0.15, 0.2) is 0 Å². The Labute approximate surface area is 123 Å². The zero-order valence-electron chi connectivity index (χ0n) is 13.6. The van der Waals surface area contributed by atoms with Crippen molar-refractivity contribution in [1.29, 1.82) is 0 Å². The second kappa shape index (κ2) is 6.13. The normalized spacial score (nSPS) is 19.9. The van der Waals surface area contributed by atoms with Crippen molar-refractivity contribution in [1.82, 2.24) is 10.3 Å². The number of nitrogens with one attached hydrogen (secondary N) is 1. The van der Waals surface area contributed by atoms with Gasteiger partial charge in [-0.2, -0.15) is 0 Å². The van der Waals surface area contributed by atoms with Gasteiger partial charge in [0.1, 0.15) is 5.82 Å². The van der Waals surface area contributed by atoms with E-state index in [9.17, 15) is 0 Å². The van der Waals surface area contributed by atoms with Crippen LogP contribution in [0.2, 0.25) is 0 Å². The fourth-order valence-corrected chi connectivity index (χ4v) is 2.67. The van der Waals surface area contributed by atoms with E-state index in [1.807, 2.05) is 6.20 Å². The molecule has 1 aliphatic rings. The molecule has 0 radical (unpaired) electrons.